The predicted molar refractivity (Wildman–Crippen MR) is 84.0 cm³/mol. The van der Waals surface area contributed by atoms with E-state index in [1.165, 1.54) is 11.1 Å². The van der Waals surface area contributed by atoms with E-state index in [9.17, 15) is 9.90 Å². The summed E-state index contributed by atoms with van der Waals surface area (Å²) >= 11 is 0. The Kier molecular flexibility index (Phi) is 4.69. The maximum Gasteiger partial charge on any atom is 0.239 e. The molecule has 1 N–H and O–H groups in total. The van der Waals surface area contributed by atoms with Crippen LogP contribution in [0.3, 0.4) is 0 Å². The monoisotopic (exact) mass is 290 g/mol. The number of aliphatic hydroxyl groups is 1. The van der Waals surface area contributed by atoms with Crippen molar-refractivity contribution in [1.82, 2.24) is 9.80 Å². The average molecular weight is 290 g/mol. The number of carbonyl (C=O) groups is 1. The summed E-state index contributed by atoms with van der Waals surface area (Å²) < 4.78 is 0. The van der Waals surface area contributed by atoms with Crippen molar-refractivity contribution in [3.63, 3.8) is 0 Å². The van der Waals surface area contributed by atoms with Gasteiger partial charge in [0.15, 0.2) is 0 Å². The normalized spacial score (nSPS) is 17.2. The van der Waals surface area contributed by atoms with Crippen LogP contribution in [0.2, 0.25) is 0 Å². The molecular weight excluding hydrogens is 264 g/mol. The number of fused-ring (bicyclic) bond motifs is 1. The first-order valence-corrected chi connectivity index (χ1v) is 7.56. The fourth-order valence-corrected chi connectivity index (χ4v) is 2.98. The largest absolute Gasteiger partial charge is 0.389 e. The van der Waals surface area contributed by atoms with E-state index >= 15 is 0 Å². The standard InChI is InChI=1S/C17H26N2O2/c1-13(16(20)18(4)12-17(2,3)21)19-10-9-14-7-5-6-8-15(14)11-19/h5-8,13,21H,9-12H2,1-4H3. The van der Waals surface area contributed by atoms with E-state index in [1.54, 1.807) is 25.8 Å². The topological polar surface area (TPSA) is 43.8 Å². The molecule has 1 atom stereocenters. The van der Waals surface area contributed by atoms with Crippen LogP contribution in [0, 0.1) is 0 Å². The van der Waals surface area contributed by atoms with E-state index in [4.69, 9.17) is 0 Å². The number of amides is 1. The Labute approximate surface area is 127 Å². The summed E-state index contributed by atoms with van der Waals surface area (Å²) in [5.74, 6) is 0.0662. The Morgan fingerprint density at radius 2 is 2.00 bits per heavy atom. The van der Waals surface area contributed by atoms with Gasteiger partial charge in [0.2, 0.25) is 5.91 Å². The van der Waals surface area contributed by atoms with E-state index in [0.717, 1.165) is 19.5 Å². The Morgan fingerprint density at radius 3 is 2.62 bits per heavy atom. The summed E-state index contributed by atoms with van der Waals surface area (Å²) in [4.78, 5) is 16.3. The van der Waals surface area contributed by atoms with Crippen molar-refractivity contribution in [2.75, 3.05) is 20.1 Å². The third-order valence-electron chi connectivity index (χ3n) is 4.07. The third kappa shape index (κ3) is 4.05. The minimum absolute atomic E-state index is 0.0662. The molecule has 0 spiro atoms. The molecule has 1 heterocycles. The van der Waals surface area contributed by atoms with Crippen LogP contribution in [-0.4, -0.2) is 52.6 Å². The number of hydrogen-bond acceptors (Lipinski definition) is 3. The molecule has 21 heavy (non-hydrogen) atoms. The van der Waals surface area contributed by atoms with Gasteiger partial charge in [-0.25, -0.2) is 0 Å². The van der Waals surface area contributed by atoms with Crippen LogP contribution >= 0.6 is 0 Å². The Balaban J connectivity index is 2.01. The van der Waals surface area contributed by atoms with Gasteiger partial charge < -0.3 is 10.0 Å². The molecule has 1 aliphatic heterocycles. The number of carbonyl (C=O) groups excluding carboxylic acids is 1. The molecule has 1 unspecified atom stereocenters. The number of benzene rings is 1. The molecule has 1 aliphatic rings. The molecule has 1 aromatic rings. The van der Waals surface area contributed by atoms with Crippen LogP contribution in [0.15, 0.2) is 24.3 Å². The molecule has 0 aromatic heterocycles. The van der Waals surface area contributed by atoms with Gasteiger partial charge in [-0.3, -0.25) is 9.69 Å². The van der Waals surface area contributed by atoms with Gasteiger partial charge in [-0.05, 0) is 38.3 Å². The summed E-state index contributed by atoms with van der Waals surface area (Å²) in [7, 11) is 1.76. The highest BCUT2D eigenvalue weighted by Crippen LogP contribution is 2.21. The number of nitrogens with zero attached hydrogens (tertiary/aromatic N) is 2. The fraction of sp³-hybridized carbons (Fsp3) is 0.588. The molecule has 0 aliphatic carbocycles. The first kappa shape index (κ1) is 16.0. The van der Waals surface area contributed by atoms with Crippen LogP contribution in [0.1, 0.15) is 31.9 Å². The van der Waals surface area contributed by atoms with Crippen molar-refractivity contribution >= 4 is 5.91 Å². The smallest absolute Gasteiger partial charge is 0.239 e. The molecule has 4 heteroatoms. The second-order valence-electron chi connectivity index (χ2n) is 6.67. The van der Waals surface area contributed by atoms with E-state index in [1.807, 2.05) is 6.92 Å². The van der Waals surface area contributed by atoms with Crippen LogP contribution in [-0.2, 0) is 17.8 Å². The Bertz CT molecular complexity index is 508. The molecule has 0 fully saturated rings. The molecule has 1 aromatic carbocycles. The minimum Gasteiger partial charge on any atom is -0.389 e. The maximum absolute atomic E-state index is 12.5. The van der Waals surface area contributed by atoms with E-state index < -0.39 is 5.60 Å². The third-order valence-corrected chi connectivity index (χ3v) is 4.07. The van der Waals surface area contributed by atoms with Crippen LogP contribution in [0.4, 0.5) is 0 Å². The molecule has 0 saturated heterocycles. The fourth-order valence-electron chi connectivity index (χ4n) is 2.98. The lowest BCUT2D eigenvalue weighted by atomic mass is 9.98. The molecule has 0 bridgehead atoms. The van der Waals surface area contributed by atoms with Crippen molar-refractivity contribution < 1.29 is 9.90 Å². The maximum atomic E-state index is 12.5. The van der Waals surface area contributed by atoms with Gasteiger partial charge in [0.25, 0.3) is 0 Å². The highest BCUT2D eigenvalue weighted by Gasteiger charge is 2.29. The van der Waals surface area contributed by atoms with Crippen LogP contribution in [0.5, 0.6) is 0 Å². The molecule has 0 saturated carbocycles. The van der Waals surface area contributed by atoms with Crippen molar-refractivity contribution in [3.8, 4) is 0 Å². The minimum atomic E-state index is -0.862. The summed E-state index contributed by atoms with van der Waals surface area (Å²) in [5, 5.41) is 9.85. The molecular formula is C17H26N2O2. The number of rotatable bonds is 4. The molecule has 4 nitrogen and oxygen atoms in total. The second kappa shape index (κ2) is 6.16. The second-order valence-corrected chi connectivity index (χ2v) is 6.67. The molecule has 0 radical (unpaired) electrons. The van der Waals surface area contributed by atoms with Gasteiger partial charge in [-0.1, -0.05) is 24.3 Å². The lowest BCUT2D eigenvalue weighted by Gasteiger charge is -2.36. The number of hydrogen-bond donors (Lipinski definition) is 1. The molecule has 1 amide bonds. The van der Waals surface area contributed by atoms with E-state index in [0.29, 0.717) is 6.54 Å². The van der Waals surface area contributed by atoms with Gasteiger partial charge in [-0.15, -0.1) is 0 Å². The van der Waals surface area contributed by atoms with Crippen molar-refractivity contribution in [2.45, 2.75) is 45.4 Å². The van der Waals surface area contributed by atoms with E-state index in [-0.39, 0.29) is 11.9 Å². The van der Waals surface area contributed by atoms with Crippen molar-refractivity contribution in [1.29, 1.82) is 0 Å². The molecule has 116 valence electrons. The van der Waals surface area contributed by atoms with Crippen LogP contribution in [0.25, 0.3) is 0 Å². The Hall–Kier alpha value is -1.39. The van der Waals surface area contributed by atoms with Gasteiger partial charge in [0.1, 0.15) is 0 Å². The van der Waals surface area contributed by atoms with Gasteiger partial charge >= 0.3 is 0 Å². The average Bonchev–Trinajstić information content (AvgIpc) is 2.43. The highest BCUT2D eigenvalue weighted by atomic mass is 16.3. The number of likely N-dealkylation sites (N-methyl/N-ethyl adjacent to an activating group) is 1. The lowest BCUT2D eigenvalue weighted by molar-refractivity contribution is -0.138. The first-order chi connectivity index (χ1) is 9.78. The zero-order valence-corrected chi connectivity index (χ0v) is 13.5. The van der Waals surface area contributed by atoms with Crippen LogP contribution < -0.4 is 0 Å². The lowest BCUT2D eigenvalue weighted by Crippen LogP contribution is -2.50. The Morgan fingerprint density at radius 1 is 1.38 bits per heavy atom. The quantitative estimate of drug-likeness (QED) is 0.917. The summed E-state index contributed by atoms with van der Waals surface area (Å²) in [6, 6.07) is 8.26. The molecule has 2 rings (SSSR count). The SMILES string of the molecule is CC(C(=O)N(C)CC(C)(C)O)N1CCc2ccccc2C1. The summed E-state index contributed by atoms with van der Waals surface area (Å²) in [6.07, 6.45) is 0.989. The zero-order chi connectivity index (χ0) is 15.6. The predicted octanol–water partition coefficient (Wildman–Crippen LogP) is 1.66. The van der Waals surface area contributed by atoms with Gasteiger partial charge in [0.05, 0.1) is 11.6 Å². The van der Waals surface area contributed by atoms with Gasteiger partial charge in [0, 0.05) is 26.7 Å². The highest BCUT2D eigenvalue weighted by molar-refractivity contribution is 5.81. The first-order valence-electron chi connectivity index (χ1n) is 7.56. The van der Waals surface area contributed by atoms with Gasteiger partial charge in [-0.2, -0.15) is 0 Å². The van der Waals surface area contributed by atoms with E-state index in [2.05, 4.69) is 29.2 Å². The van der Waals surface area contributed by atoms with Crippen molar-refractivity contribution in [2.24, 2.45) is 0 Å². The van der Waals surface area contributed by atoms with Crippen molar-refractivity contribution in [3.05, 3.63) is 35.4 Å². The zero-order valence-electron chi connectivity index (χ0n) is 13.5. The summed E-state index contributed by atoms with van der Waals surface area (Å²) in [5.41, 5.74) is 1.84. The summed E-state index contributed by atoms with van der Waals surface area (Å²) in [6.45, 7) is 7.47.